The summed E-state index contributed by atoms with van der Waals surface area (Å²) >= 11 is 0. The molecule has 0 aromatic rings. The van der Waals surface area contributed by atoms with Crippen molar-refractivity contribution in [1.29, 1.82) is 0 Å². The summed E-state index contributed by atoms with van der Waals surface area (Å²) in [6, 6.07) is 0.355. The lowest BCUT2D eigenvalue weighted by atomic mass is 10.3. The molecular weight excluding hydrogens is 194 g/mol. The molecule has 0 amide bonds. The summed E-state index contributed by atoms with van der Waals surface area (Å²) < 4.78 is 10.1. The molecule has 1 unspecified atom stereocenters. The van der Waals surface area contributed by atoms with Gasteiger partial charge in [-0.2, -0.15) is 0 Å². The fraction of sp³-hybridized carbons (Fsp3) is 0.909. The summed E-state index contributed by atoms with van der Waals surface area (Å²) in [4.78, 5) is 11.2. The SMILES string of the molecule is CCCOCCOC(=O)CNC(C)CC. The maximum atomic E-state index is 11.2. The lowest BCUT2D eigenvalue weighted by molar-refractivity contribution is -0.144. The van der Waals surface area contributed by atoms with E-state index >= 15 is 0 Å². The molecule has 0 aliphatic rings. The van der Waals surface area contributed by atoms with Gasteiger partial charge in [-0.15, -0.1) is 0 Å². The topological polar surface area (TPSA) is 47.6 Å². The van der Waals surface area contributed by atoms with Crippen LogP contribution in [-0.2, 0) is 14.3 Å². The van der Waals surface area contributed by atoms with E-state index in [2.05, 4.69) is 12.2 Å². The molecule has 0 heterocycles. The molecule has 0 fully saturated rings. The average Bonchev–Trinajstić information content (AvgIpc) is 2.25. The van der Waals surface area contributed by atoms with Crippen LogP contribution in [0.15, 0.2) is 0 Å². The second-order valence-corrected chi connectivity index (χ2v) is 3.52. The van der Waals surface area contributed by atoms with Crippen molar-refractivity contribution in [2.45, 2.75) is 39.7 Å². The highest BCUT2D eigenvalue weighted by molar-refractivity contribution is 5.71. The fourth-order valence-corrected chi connectivity index (χ4v) is 0.914. The first kappa shape index (κ1) is 14.4. The summed E-state index contributed by atoms with van der Waals surface area (Å²) in [5.41, 5.74) is 0. The van der Waals surface area contributed by atoms with Gasteiger partial charge in [0.2, 0.25) is 0 Å². The molecule has 0 aliphatic carbocycles. The molecule has 0 saturated heterocycles. The lowest BCUT2D eigenvalue weighted by Crippen LogP contribution is -2.32. The number of esters is 1. The number of hydrogen-bond acceptors (Lipinski definition) is 4. The molecule has 0 aromatic heterocycles. The Kier molecular flexibility index (Phi) is 9.52. The lowest BCUT2D eigenvalue weighted by Gasteiger charge is -2.10. The van der Waals surface area contributed by atoms with E-state index in [4.69, 9.17) is 9.47 Å². The largest absolute Gasteiger partial charge is 0.462 e. The molecule has 0 spiro atoms. The standard InChI is InChI=1S/C11H23NO3/c1-4-6-14-7-8-15-11(13)9-12-10(3)5-2/h10,12H,4-9H2,1-3H3. The highest BCUT2D eigenvalue weighted by Gasteiger charge is 2.04. The minimum atomic E-state index is -0.213. The summed E-state index contributed by atoms with van der Waals surface area (Å²) in [6.07, 6.45) is 2.00. The van der Waals surface area contributed by atoms with E-state index in [1.807, 2.05) is 13.8 Å². The maximum Gasteiger partial charge on any atom is 0.320 e. The van der Waals surface area contributed by atoms with Gasteiger partial charge in [-0.25, -0.2) is 0 Å². The Bertz CT molecular complexity index is 162. The van der Waals surface area contributed by atoms with E-state index < -0.39 is 0 Å². The average molecular weight is 217 g/mol. The van der Waals surface area contributed by atoms with Gasteiger partial charge < -0.3 is 14.8 Å². The van der Waals surface area contributed by atoms with Gasteiger partial charge in [0.05, 0.1) is 13.2 Å². The van der Waals surface area contributed by atoms with Gasteiger partial charge in [0.1, 0.15) is 6.61 Å². The van der Waals surface area contributed by atoms with Gasteiger partial charge in [-0.3, -0.25) is 4.79 Å². The minimum Gasteiger partial charge on any atom is -0.462 e. The van der Waals surface area contributed by atoms with Gasteiger partial charge in [0.15, 0.2) is 0 Å². The van der Waals surface area contributed by atoms with E-state index in [1.165, 1.54) is 0 Å². The highest BCUT2D eigenvalue weighted by atomic mass is 16.6. The van der Waals surface area contributed by atoms with Gasteiger partial charge in [-0.05, 0) is 19.8 Å². The zero-order valence-corrected chi connectivity index (χ0v) is 10.0. The predicted octanol–water partition coefficient (Wildman–Crippen LogP) is 1.34. The summed E-state index contributed by atoms with van der Waals surface area (Å²) in [7, 11) is 0. The Hall–Kier alpha value is -0.610. The molecule has 0 bridgehead atoms. The molecule has 0 rings (SSSR count). The van der Waals surface area contributed by atoms with Crippen LogP contribution < -0.4 is 5.32 Å². The zero-order chi connectivity index (χ0) is 11.5. The van der Waals surface area contributed by atoms with Crippen LogP contribution in [0.4, 0.5) is 0 Å². The van der Waals surface area contributed by atoms with Crippen LogP contribution in [0.25, 0.3) is 0 Å². The Balaban J connectivity index is 3.26. The molecular formula is C11H23NO3. The first-order valence-electron chi connectivity index (χ1n) is 5.67. The smallest absolute Gasteiger partial charge is 0.320 e. The highest BCUT2D eigenvalue weighted by Crippen LogP contribution is 1.88. The van der Waals surface area contributed by atoms with Gasteiger partial charge in [0, 0.05) is 12.6 Å². The Labute approximate surface area is 92.3 Å². The van der Waals surface area contributed by atoms with Crippen molar-refractivity contribution in [2.24, 2.45) is 0 Å². The molecule has 1 atom stereocenters. The third-order valence-electron chi connectivity index (χ3n) is 2.05. The Morgan fingerprint density at radius 2 is 2.00 bits per heavy atom. The van der Waals surface area contributed by atoms with Gasteiger partial charge >= 0.3 is 5.97 Å². The fourth-order valence-electron chi connectivity index (χ4n) is 0.914. The maximum absolute atomic E-state index is 11.2. The summed E-state index contributed by atoms with van der Waals surface area (Å²) in [5.74, 6) is -0.213. The molecule has 1 N–H and O–H groups in total. The van der Waals surface area contributed by atoms with Crippen LogP contribution in [0.1, 0.15) is 33.6 Å². The third-order valence-corrected chi connectivity index (χ3v) is 2.05. The van der Waals surface area contributed by atoms with Crippen molar-refractivity contribution < 1.29 is 14.3 Å². The first-order valence-corrected chi connectivity index (χ1v) is 5.67. The minimum absolute atomic E-state index is 0.213. The van der Waals surface area contributed by atoms with Crippen molar-refractivity contribution in [1.82, 2.24) is 5.32 Å². The van der Waals surface area contributed by atoms with Crippen molar-refractivity contribution in [3.63, 3.8) is 0 Å². The van der Waals surface area contributed by atoms with Gasteiger partial charge in [-0.1, -0.05) is 13.8 Å². The molecule has 0 aromatic carbocycles. The molecule has 90 valence electrons. The van der Waals surface area contributed by atoms with Crippen molar-refractivity contribution in [3.05, 3.63) is 0 Å². The zero-order valence-electron chi connectivity index (χ0n) is 10.0. The quantitative estimate of drug-likeness (QED) is 0.468. The second kappa shape index (κ2) is 9.93. The Morgan fingerprint density at radius 1 is 1.27 bits per heavy atom. The van der Waals surface area contributed by atoms with E-state index in [0.717, 1.165) is 19.4 Å². The van der Waals surface area contributed by atoms with Crippen LogP contribution >= 0.6 is 0 Å². The van der Waals surface area contributed by atoms with Gasteiger partial charge in [0.25, 0.3) is 0 Å². The molecule has 0 radical (unpaired) electrons. The molecule has 4 heteroatoms. The summed E-state index contributed by atoms with van der Waals surface area (Å²) in [5, 5.41) is 3.07. The van der Waals surface area contributed by atoms with Crippen LogP contribution in [0, 0.1) is 0 Å². The number of carbonyl (C=O) groups is 1. The Morgan fingerprint density at radius 3 is 2.60 bits per heavy atom. The normalized spacial score (nSPS) is 12.5. The first-order chi connectivity index (χ1) is 7.20. The van der Waals surface area contributed by atoms with Crippen molar-refractivity contribution >= 4 is 5.97 Å². The number of ether oxygens (including phenoxy) is 2. The van der Waals surface area contributed by atoms with Crippen LogP contribution in [0.5, 0.6) is 0 Å². The predicted molar refractivity (Wildman–Crippen MR) is 59.8 cm³/mol. The third kappa shape index (κ3) is 9.69. The summed E-state index contributed by atoms with van der Waals surface area (Å²) in [6.45, 7) is 8.00. The molecule has 0 saturated carbocycles. The van der Waals surface area contributed by atoms with E-state index in [1.54, 1.807) is 0 Å². The number of carbonyl (C=O) groups excluding carboxylic acids is 1. The van der Waals surface area contributed by atoms with Crippen LogP contribution in [0.2, 0.25) is 0 Å². The number of rotatable bonds is 9. The number of hydrogen-bond donors (Lipinski definition) is 1. The van der Waals surface area contributed by atoms with E-state index in [-0.39, 0.29) is 12.5 Å². The van der Waals surface area contributed by atoms with E-state index in [9.17, 15) is 4.79 Å². The monoisotopic (exact) mass is 217 g/mol. The van der Waals surface area contributed by atoms with Crippen molar-refractivity contribution in [2.75, 3.05) is 26.4 Å². The number of nitrogens with one attached hydrogen (secondary N) is 1. The van der Waals surface area contributed by atoms with Crippen LogP contribution in [-0.4, -0.2) is 38.4 Å². The molecule has 4 nitrogen and oxygen atoms in total. The molecule has 0 aliphatic heterocycles. The van der Waals surface area contributed by atoms with E-state index in [0.29, 0.717) is 19.3 Å². The second-order valence-electron chi connectivity index (χ2n) is 3.52. The molecule has 15 heavy (non-hydrogen) atoms. The van der Waals surface area contributed by atoms with Crippen molar-refractivity contribution in [3.8, 4) is 0 Å². The van der Waals surface area contributed by atoms with Crippen LogP contribution in [0.3, 0.4) is 0 Å².